The smallest absolute Gasteiger partial charge is 0.193 e. The second-order valence-electron chi connectivity index (χ2n) is 3.94. The van der Waals surface area contributed by atoms with Crippen molar-refractivity contribution in [1.29, 1.82) is 0 Å². The summed E-state index contributed by atoms with van der Waals surface area (Å²) in [6.07, 6.45) is 0. The molecule has 0 amide bonds. The maximum absolute atomic E-state index is 13.1. The van der Waals surface area contributed by atoms with Crippen LogP contribution in [0.15, 0.2) is 58.0 Å². The van der Waals surface area contributed by atoms with Crippen molar-refractivity contribution in [1.82, 2.24) is 0 Å². The van der Waals surface area contributed by atoms with Crippen LogP contribution in [0.2, 0.25) is 0 Å². The van der Waals surface area contributed by atoms with Gasteiger partial charge in [0.1, 0.15) is 5.82 Å². The maximum atomic E-state index is 13.1. The molecule has 2 aromatic carbocycles. The molecule has 0 spiro atoms. The number of aliphatic imine (C=N–C) groups is 1. The van der Waals surface area contributed by atoms with Crippen molar-refractivity contribution < 1.29 is 4.39 Å². The Morgan fingerprint density at radius 3 is 2.63 bits per heavy atom. The molecule has 0 atom stereocenters. The summed E-state index contributed by atoms with van der Waals surface area (Å²) >= 11 is 3.12. The van der Waals surface area contributed by atoms with Gasteiger partial charge in [-0.15, -0.1) is 0 Å². The third-order valence-electron chi connectivity index (χ3n) is 2.47. The predicted octanol–water partition coefficient (Wildman–Crippen LogP) is 3.52. The van der Waals surface area contributed by atoms with Gasteiger partial charge in [-0.3, -0.25) is 0 Å². The average Bonchev–Trinajstić information content (AvgIpc) is 2.42. The molecule has 0 saturated heterocycles. The first kappa shape index (κ1) is 13.5. The molecule has 0 aliphatic carbocycles. The summed E-state index contributed by atoms with van der Waals surface area (Å²) in [5.74, 6) is -0.0206. The van der Waals surface area contributed by atoms with Crippen LogP contribution in [0.1, 0.15) is 5.56 Å². The highest BCUT2D eigenvalue weighted by Crippen LogP contribution is 2.19. The lowest BCUT2D eigenvalue weighted by Gasteiger charge is -2.06. The number of nitrogens with one attached hydrogen (secondary N) is 1. The first-order chi connectivity index (χ1) is 9.15. The van der Waals surface area contributed by atoms with E-state index in [4.69, 9.17) is 5.73 Å². The van der Waals surface area contributed by atoms with Crippen LogP contribution in [-0.4, -0.2) is 5.96 Å². The van der Waals surface area contributed by atoms with Crippen LogP contribution in [0, 0.1) is 5.82 Å². The summed E-state index contributed by atoms with van der Waals surface area (Å²) in [6, 6.07) is 14.4. The van der Waals surface area contributed by atoms with Crippen LogP contribution < -0.4 is 11.1 Å². The topological polar surface area (TPSA) is 50.4 Å². The molecular weight excluding hydrogens is 309 g/mol. The van der Waals surface area contributed by atoms with Crippen LogP contribution in [0.5, 0.6) is 0 Å². The minimum absolute atomic E-state index is 0.294. The predicted molar refractivity (Wildman–Crippen MR) is 79.5 cm³/mol. The summed E-state index contributed by atoms with van der Waals surface area (Å²) in [4.78, 5) is 4.22. The Morgan fingerprint density at radius 2 is 1.95 bits per heavy atom. The van der Waals surface area contributed by atoms with E-state index in [2.05, 4.69) is 26.2 Å². The zero-order valence-electron chi connectivity index (χ0n) is 10.1. The van der Waals surface area contributed by atoms with Crippen molar-refractivity contribution in [3.8, 4) is 0 Å². The number of rotatable bonds is 3. The van der Waals surface area contributed by atoms with E-state index in [9.17, 15) is 4.39 Å². The second-order valence-corrected chi connectivity index (χ2v) is 4.80. The van der Waals surface area contributed by atoms with E-state index >= 15 is 0 Å². The van der Waals surface area contributed by atoms with Gasteiger partial charge in [0.25, 0.3) is 0 Å². The van der Waals surface area contributed by atoms with E-state index in [0.29, 0.717) is 22.7 Å². The van der Waals surface area contributed by atoms with Crippen molar-refractivity contribution in [3.05, 3.63) is 64.4 Å². The van der Waals surface area contributed by atoms with E-state index in [0.717, 1.165) is 5.56 Å². The van der Waals surface area contributed by atoms with Gasteiger partial charge in [0, 0.05) is 5.69 Å². The normalized spacial score (nSPS) is 11.4. The van der Waals surface area contributed by atoms with Crippen LogP contribution in [-0.2, 0) is 6.54 Å². The molecule has 0 heterocycles. The van der Waals surface area contributed by atoms with Gasteiger partial charge in [-0.2, -0.15) is 0 Å². The molecule has 2 aromatic rings. The first-order valence-corrected chi connectivity index (χ1v) is 6.50. The summed E-state index contributed by atoms with van der Waals surface area (Å²) < 4.78 is 13.5. The van der Waals surface area contributed by atoms with Crippen molar-refractivity contribution in [3.63, 3.8) is 0 Å². The number of nitrogens with zero attached hydrogens (tertiary/aromatic N) is 1. The molecule has 0 radical (unpaired) electrons. The van der Waals surface area contributed by atoms with Crippen molar-refractivity contribution in [2.45, 2.75) is 6.54 Å². The third-order valence-corrected chi connectivity index (χ3v) is 3.07. The number of guanidine groups is 1. The summed E-state index contributed by atoms with van der Waals surface area (Å²) in [5, 5.41) is 2.91. The van der Waals surface area contributed by atoms with Crippen molar-refractivity contribution in [2.75, 3.05) is 5.32 Å². The highest BCUT2D eigenvalue weighted by molar-refractivity contribution is 9.10. The SMILES string of the molecule is NC(=NCc1ccccc1)Nc1ccc(F)c(Br)c1. The van der Waals surface area contributed by atoms with Gasteiger partial charge in [-0.25, -0.2) is 9.38 Å². The van der Waals surface area contributed by atoms with Crippen LogP contribution in [0.4, 0.5) is 10.1 Å². The minimum atomic E-state index is -0.314. The van der Waals surface area contributed by atoms with E-state index in [1.54, 1.807) is 12.1 Å². The first-order valence-electron chi connectivity index (χ1n) is 5.71. The number of halogens is 2. The van der Waals surface area contributed by atoms with Crippen molar-refractivity contribution in [2.24, 2.45) is 10.7 Å². The summed E-state index contributed by atoms with van der Waals surface area (Å²) in [6.45, 7) is 0.502. The molecule has 0 aliphatic heterocycles. The van der Waals surface area contributed by atoms with Gasteiger partial charge in [0.2, 0.25) is 0 Å². The zero-order chi connectivity index (χ0) is 13.7. The third kappa shape index (κ3) is 4.06. The summed E-state index contributed by atoms with van der Waals surface area (Å²) in [7, 11) is 0. The quantitative estimate of drug-likeness (QED) is 0.671. The largest absolute Gasteiger partial charge is 0.370 e. The number of benzene rings is 2. The Kier molecular flexibility index (Phi) is 4.52. The second kappa shape index (κ2) is 6.33. The fourth-order valence-corrected chi connectivity index (χ4v) is 1.90. The monoisotopic (exact) mass is 321 g/mol. The molecule has 0 aromatic heterocycles. The molecule has 0 aliphatic rings. The van der Waals surface area contributed by atoms with Gasteiger partial charge in [0.05, 0.1) is 11.0 Å². The van der Waals surface area contributed by atoms with Gasteiger partial charge in [-0.05, 0) is 39.7 Å². The number of anilines is 1. The Bertz CT molecular complexity index is 584. The molecule has 19 heavy (non-hydrogen) atoms. The Morgan fingerprint density at radius 1 is 1.21 bits per heavy atom. The molecule has 0 unspecified atom stereocenters. The lowest BCUT2D eigenvalue weighted by molar-refractivity contribution is 0.621. The molecule has 3 nitrogen and oxygen atoms in total. The minimum Gasteiger partial charge on any atom is -0.370 e. The molecule has 5 heteroatoms. The van der Waals surface area contributed by atoms with Gasteiger partial charge in [0.15, 0.2) is 5.96 Å². The van der Waals surface area contributed by atoms with Crippen LogP contribution in [0.25, 0.3) is 0 Å². The van der Waals surface area contributed by atoms with E-state index < -0.39 is 0 Å². The highest BCUT2D eigenvalue weighted by atomic mass is 79.9. The Balaban J connectivity index is 2.00. The van der Waals surface area contributed by atoms with E-state index in [1.165, 1.54) is 6.07 Å². The van der Waals surface area contributed by atoms with Crippen molar-refractivity contribution >= 4 is 27.6 Å². The van der Waals surface area contributed by atoms with Crippen LogP contribution in [0.3, 0.4) is 0 Å². The fourth-order valence-electron chi connectivity index (χ4n) is 1.52. The standard InChI is InChI=1S/C14H13BrFN3/c15-12-8-11(6-7-13(12)16)19-14(17)18-9-10-4-2-1-3-5-10/h1-8H,9H2,(H3,17,18,19). The van der Waals surface area contributed by atoms with Crippen LogP contribution >= 0.6 is 15.9 Å². The highest BCUT2D eigenvalue weighted by Gasteiger charge is 2.01. The Hall–Kier alpha value is -1.88. The van der Waals surface area contributed by atoms with Gasteiger partial charge >= 0.3 is 0 Å². The average molecular weight is 322 g/mol. The van der Waals surface area contributed by atoms with E-state index in [1.807, 2.05) is 30.3 Å². The Labute approximate surface area is 119 Å². The lowest BCUT2D eigenvalue weighted by atomic mass is 10.2. The fraction of sp³-hybridized carbons (Fsp3) is 0.0714. The maximum Gasteiger partial charge on any atom is 0.193 e. The molecule has 0 bridgehead atoms. The molecule has 98 valence electrons. The van der Waals surface area contributed by atoms with E-state index in [-0.39, 0.29) is 5.82 Å². The molecule has 3 N–H and O–H groups in total. The lowest BCUT2D eigenvalue weighted by Crippen LogP contribution is -2.22. The summed E-state index contributed by atoms with van der Waals surface area (Å²) in [5.41, 5.74) is 7.53. The number of hydrogen-bond donors (Lipinski definition) is 2. The van der Waals surface area contributed by atoms with Gasteiger partial charge in [-0.1, -0.05) is 30.3 Å². The number of hydrogen-bond acceptors (Lipinski definition) is 1. The number of nitrogens with two attached hydrogens (primary N) is 1. The molecular formula is C14H13BrFN3. The van der Waals surface area contributed by atoms with Gasteiger partial charge < -0.3 is 11.1 Å². The molecule has 0 saturated carbocycles. The molecule has 2 rings (SSSR count). The zero-order valence-corrected chi connectivity index (χ0v) is 11.7. The molecule has 0 fully saturated rings.